The topological polar surface area (TPSA) is 53.8 Å². The Morgan fingerprint density at radius 2 is 1.97 bits per heavy atom. The van der Waals surface area contributed by atoms with E-state index in [4.69, 9.17) is 4.74 Å². The lowest BCUT2D eigenvalue weighted by atomic mass is 10.1. The number of piperazine rings is 1. The van der Waals surface area contributed by atoms with E-state index in [0.29, 0.717) is 24.3 Å². The molecule has 1 saturated heterocycles. The van der Waals surface area contributed by atoms with Crippen LogP contribution in [0.4, 0.5) is 4.39 Å². The standard InChI is InChI=1S/C24H29FN4O2/c1-31-23-8-5-20(24(25)15-23)17-28-13-12-27(18-22(28)9-14-30)16-19-3-6-21(7-4-19)29-11-2-10-26-29/h2-8,10-11,15,22,30H,9,12-14,16-18H2,1H3. The summed E-state index contributed by atoms with van der Waals surface area (Å²) in [6.07, 6.45) is 4.37. The number of benzene rings is 2. The van der Waals surface area contributed by atoms with Crippen LogP contribution in [0.15, 0.2) is 60.9 Å². The van der Waals surface area contributed by atoms with Crippen molar-refractivity contribution >= 4 is 0 Å². The van der Waals surface area contributed by atoms with Gasteiger partial charge in [0.15, 0.2) is 0 Å². The number of methoxy groups -OCH3 is 1. The summed E-state index contributed by atoms with van der Waals surface area (Å²) in [6.45, 7) is 4.10. The highest BCUT2D eigenvalue weighted by atomic mass is 19.1. The average Bonchev–Trinajstić information content (AvgIpc) is 3.32. The van der Waals surface area contributed by atoms with E-state index in [-0.39, 0.29) is 18.5 Å². The van der Waals surface area contributed by atoms with E-state index < -0.39 is 0 Å². The van der Waals surface area contributed by atoms with E-state index in [2.05, 4.69) is 39.2 Å². The second-order valence-electron chi connectivity index (χ2n) is 7.95. The third-order valence-electron chi connectivity index (χ3n) is 5.90. The van der Waals surface area contributed by atoms with Crippen molar-refractivity contribution in [3.8, 4) is 11.4 Å². The monoisotopic (exact) mass is 424 g/mol. The first kappa shape index (κ1) is 21.5. The van der Waals surface area contributed by atoms with Gasteiger partial charge in [0.25, 0.3) is 0 Å². The molecule has 1 aromatic heterocycles. The van der Waals surface area contributed by atoms with E-state index >= 15 is 0 Å². The van der Waals surface area contributed by atoms with Gasteiger partial charge in [-0.25, -0.2) is 9.07 Å². The number of hydrogen-bond donors (Lipinski definition) is 1. The molecular weight excluding hydrogens is 395 g/mol. The summed E-state index contributed by atoms with van der Waals surface area (Å²) in [4.78, 5) is 4.68. The number of nitrogens with zero attached hydrogens (tertiary/aromatic N) is 4. The molecule has 4 rings (SSSR count). The number of ether oxygens (including phenoxy) is 1. The predicted molar refractivity (Wildman–Crippen MR) is 118 cm³/mol. The number of rotatable bonds is 8. The Labute approximate surface area is 182 Å². The van der Waals surface area contributed by atoms with Crippen molar-refractivity contribution < 1.29 is 14.2 Å². The Balaban J connectivity index is 1.38. The summed E-state index contributed by atoms with van der Waals surface area (Å²) >= 11 is 0. The van der Waals surface area contributed by atoms with Gasteiger partial charge in [-0.15, -0.1) is 0 Å². The molecule has 1 unspecified atom stereocenters. The highest BCUT2D eigenvalue weighted by molar-refractivity contribution is 5.34. The minimum Gasteiger partial charge on any atom is -0.497 e. The van der Waals surface area contributed by atoms with Crippen LogP contribution in [0.2, 0.25) is 0 Å². The molecule has 1 aliphatic rings. The fraction of sp³-hybridized carbons (Fsp3) is 0.375. The Bertz CT molecular complexity index is 962. The summed E-state index contributed by atoms with van der Waals surface area (Å²) in [5, 5.41) is 13.8. The van der Waals surface area contributed by atoms with Crippen LogP contribution in [0.25, 0.3) is 5.69 Å². The maximum atomic E-state index is 14.4. The van der Waals surface area contributed by atoms with Gasteiger partial charge < -0.3 is 9.84 Å². The van der Waals surface area contributed by atoms with Crippen LogP contribution in [0, 0.1) is 5.82 Å². The summed E-state index contributed by atoms with van der Waals surface area (Å²) in [6, 6.07) is 15.5. The fourth-order valence-electron chi connectivity index (χ4n) is 4.17. The minimum atomic E-state index is -0.248. The number of aliphatic hydroxyl groups excluding tert-OH is 1. The lowest BCUT2D eigenvalue weighted by Crippen LogP contribution is -2.52. The SMILES string of the molecule is COc1ccc(CN2CCN(Cc3ccc(-n4cccn4)cc3)CC2CCO)c(F)c1. The largest absolute Gasteiger partial charge is 0.497 e. The quantitative estimate of drug-likeness (QED) is 0.602. The molecule has 7 heteroatoms. The van der Waals surface area contributed by atoms with E-state index in [9.17, 15) is 9.50 Å². The zero-order valence-corrected chi connectivity index (χ0v) is 17.8. The van der Waals surface area contributed by atoms with Crippen LogP contribution in [0.1, 0.15) is 17.5 Å². The molecule has 1 fully saturated rings. The predicted octanol–water partition coefficient (Wildman–Crippen LogP) is 3.09. The molecular formula is C24H29FN4O2. The first-order valence-corrected chi connectivity index (χ1v) is 10.6. The normalized spacial score (nSPS) is 17.7. The highest BCUT2D eigenvalue weighted by Gasteiger charge is 2.27. The molecule has 3 aromatic rings. The average molecular weight is 425 g/mol. The van der Waals surface area contributed by atoms with Crippen molar-refractivity contribution in [3.05, 3.63) is 77.9 Å². The second kappa shape index (κ2) is 10.0. The Hall–Kier alpha value is -2.74. The number of aromatic nitrogens is 2. The molecule has 31 heavy (non-hydrogen) atoms. The van der Waals surface area contributed by atoms with Crippen molar-refractivity contribution in [2.75, 3.05) is 33.4 Å². The maximum Gasteiger partial charge on any atom is 0.131 e. The number of halogens is 1. The fourth-order valence-corrected chi connectivity index (χ4v) is 4.17. The lowest BCUT2D eigenvalue weighted by Gasteiger charge is -2.41. The Morgan fingerprint density at radius 3 is 2.65 bits per heavy atom. The smallest absolute Gasteiger partial charge is 0.131 e. The molecule has 0 radical (unpaired) electrons. The molecule has 0 aliphatic carbocycles. The summed E-state index contributed by atoms with van der Waals surface area (Å²) in [5.74, 6) is 0.276. The zero-order chi connectivity index (χ0) is 21.6. The van der Waals surface area contributed by atoms with Gasteiger partial charge in [0.1, 0.15) is 11.6 Å². The lowest BCUT2D eigenvalue weighted by molar-refractivity contribution is 0.0493. The summed E-state index contributed by atoms with van der Waals surface area (Å²) in [5.41, 5.74) is 2.94. The molecule has 0 saturated carbocycles. The van der Waals surface area contributed by atoms with Crippen LogP contribution in [-0.2, 0) is 13.1 Å². The van der Waals surface area contributed by atoms with Crippen molar-refractivity contribution in [1.82, 2.24) is 19.6 Å². The Morgan fingerprint density at radius 1 is 1.13 bits per heavy atom. The molecule has 2 aromatic carbocycles. The Kier molecular flexibility index (Phi) is 6.96. The molecule has 0 spiro atoms. The van der Waals surface area contributed by atoms with Crippen LogP contribution in [-0.4, -0.2) is 64.1 Å². The van der Waals surface area contributed by atoms with E-state index in [1.165, 1.54) is 18.7 Å². The number of aliphatic hydroxyl groups is 1. The third kappa shape index (κ3) is 5.31. The van der Waals surface area contributed by atoms with Crippen molar-refractivity contribution in [2.24, 2.45) is 0 Å². The van der Waals surface area contributed by atoms with E-state index in [1.807, 2.05) is 16.9 Å². The molecule has 0 amide bonds. The van der Waals surface area contributed by atoms with Gasteiger partial charge in [-0.3, -0.25) is 9.80 Å². The van der Waals surface area contributed by atoms with Gasteiger partial charge in [-0.05, 0) is 36.2 Å². The summed E-state index contributed by atoms with van der Waals surface area (Å²) in [7, 11) is 1.54. The first-order valence-electron chi connectivity index (χ1n) is 10.6. The summed E-state index contributed by atoms with van der Waals surface area (Å²) < 4.78 is 21.4. The van der Waals surface area contributed by atoms with Gasteiger partial charge in [-0.2, -0.15) is 5.10 Å². The van der Waals surface area contributed by atoms with Crippen LogP contribution >= 0.6 is 0 Å². The van der Waals surface area contributed by atoms with Crippen LogP contribution in [0.5, 0.6) is 5.75 Å². The third-order valence-corrected chi connectivity index (χ3v) is 5.90. The van der Waals surface area contributed by atoms with Gasteiger partial charge >= 0.3 is 0 Å². The minimum absolute atomic E-state index is 0.124. The van der Waals surface area contributed by atoms with Crippen molar-refractivity contribution in [2.45, 2.75) is 25.6 Å². The van der Waals surface area contributed by atoms with E-state index in [0.717, 1.165) is 31.9 Å². The van der Waals surface area contributed by atoms with Crippen LogP contribution in [0.3, 0.4) is 0 Å². The molecule has 164 valence electrons. The van der Waals surface area contributed by atoms with Gasteiger partial charge in [0.05, 0.1) is 12.8 Å². The molecule has 1 atom stereocenters. The molecule has 1 N–H and O–H groups in total. The number of hydrogen-bond acceptors (Lipinski definition) is 5. The van der Waals surface area contributed by atoms with Gasteiger partial charge in [0, 0.05) is 69.4 Å². The van der Waals surface area contributed by atoms with Crippen molar-refractivity contribution in [1.29, 1.82) is 0 Å². The molecule has 1 aliphatic heterocycles. The van der Waals surface area contributed by atoms with Gasteiger partial charge in [0.2, 0.25) is 0 Å². The first-order chi connectivity index (χ1) is 15.2. The van der Waals surface area contributed by atoms with E-state index in [1.54, 1.807) is 18.3 Å². The molecule has 6 nitrogen and oxygen atoms in total. The van der Waals surface area contributed by atoms with Gasteiger partial charge in [-0.1, -0.05) is 18.2 Å². The van der Waals surface area contributed by atoms with Crippen molar-refractivity contribution in [3.63, 3.8) is 0 Å². The molecule has 2 heterocycles. The highest BCUT2D eigenvalue weighted by Crippen LogP contribution is 2.22. The van der Waals surface area contributed by atoms with Crippen LogP contribution < -0.4 is 4.74 Å². The zero-order valence-electron chi connectivity index (χ0n) is 17.8. The maximum absolute atomic E-state index is 14.4. The second-order valence-corrected chi connectivity index (χ2v) is 7.95. The molecule has 0 bridgehead atoms.